The van der Waals surface area contributed by atoms with Crippen LogP contribution in [0.3, 0.4) is 0 Å². The number of quaternary nitrogens is 1. The van der Waals surface area contributed by atoms with Gasteiger partial charge in [-0.2, -0.15) is 0 Å². The zero-order valence-corrected chi connectivity index (χ0v) is 26.3. The Kier molecular flexibility index (Phi) is 6.11. The lowest BCUT2D eigenvalue weighted by Gasteiger charge is -2.30. The molecule has 0 radical (unpaired) electrons. The van der Waals surface area contributed by atoms with Crippen LogP contribution < -0.4 is 10.6 Å². The summed E-state index contributed by atoms with van der Waals surface area (Å²) in [4.78, 5) is 8.69. The number of nitrogens with two attached hydrogens (primary N) is 1. The molecule has 0 fully saturated rings. The summed E-state index contributed by atoms with van der Waals surface area (Å²) in [6.45, 7) is 0. The Morgan fingerprint density at radius 3 is 1.92 bits per heavy atom. The summed E-state index contributed by atoms with van der Waals surface area (Å²) in [6, 6.07) is 52.9. The van der Waals surface area contributed by atoms with Crippen LogP contribution in [-0.4, -0.2) is 11.2 Å². The van der Waals surface area contributed by atoms with E-state index in [4.69, 9.17) is 4.99 Å². The summed E-state index contributed by atoms with van der Waals surface area (Å²) in [5.74, 6) is 0. The van der Waals surface area contributed by atoms with E-state index < -0.39 is 0 Å². The van der Waals surface area contributed by atoms with Gasteiger partial charge < -0.3 is 15.6 Å². The van der Waals surface area contributed by atoms with E-state index in [1.165, 1.54) is 65.3 Å². The van der Waals surface area contributed by atoms with E-state index in [0.29, 0.717) is 0 Å². The smallest absolute Gasteiger partial charge is 0.201 e. The molecule has 228 valence electrons. The molecule has 2 aliphatic heterocycles. The van der Waals surface area contributed by atoms with Crippen molar-refractivity contribution in [3.63, 3.8) is 0 Å². The number of aromatic amines is 1. The fourth-order valence-electron chi connectivity index (χ4n) is 8.02. The van der Waals surface area contributed by atoms with Gasteiger partial charge in [-0.3, -0.25) is 4.99 Å². The largest absolute Gasteiger partial charge is 0.354 e. The van der Waals surface area contributed by atoms with Gasteiger partial charge in [-0.25, -0.2) is 0 Å². The third kappa shape index (κ3) is 4.30. The first-order valence-corrected chi connectivity index (χ1v) is 16.7. The van der Waals surface area contributed by atoms with Gasteiger partial charge in [0.15, 0.2) is 0 Å². The molecule has 0 spiro atoms. The summed E-state index contributed by atoms with van der Waals surface area (Å²) in [5, 5.41) is 16.6. The number of nitrogens with zero attached hydrogens (tertiary/aromatic N) is 1. The summed E-state index contributed by atoms with van der Waals surface area (Å²) in [7, 11) is 0. The summed E-state index contributed by atoms with van der Waals surface area (Å²) >= 11 is 0. The second-order valence-electron chi connectivity index (χ2n) is 13.0. The van der Waals surface area contributed by atoms with E-state index in [1.807, 2.05) is 6.21 Å². The molecule has 10 rings (SSSR count). The average molecular weight is 618 g/mol. The zero-order valence-electron chi connectivity index (χ0n) is 26.3. The van der Waals surface area contributed by atoms with E-state index in [1.54, 1.807) is 0 Å². The van der Waals surface area contributed by atoms with Crippen LogP contribution >= 0.6 is 0 Å². The molecule has 8 aromatic rings. The number of nitrogens with one attached hydrogen (secondary N) is 2. The highest BCUT2D eigenvalue weighted by molar-refractivity contribution is 6.12. The van der Waals surface area contributed by atoms with Crippen molar-refractivity contribution in [2.24, 2.45) is 4.99 Å². The minimum atomic E-state index is -0.0418. The minimum absolute atomic E-state index is 0.0155. The van der Waals surface area contributed by atoms with Crippen LogP contribution in [0.15, 0.2) is 157 Å². The maximum absolute atomic E-state index is 4.89. The Morgan fingerprint density at radius 1 is 0.521 bits per heavy atom. The first kappa shape index (κ1) is 27.2. The van der Waals surface area contributed by atoms with Crippen LogP contribution in [0, 0.1) is 0 Å². The topological polar surface area (TPSA) is 56.8 Å². The molecular weight excluding hydrogens is 585 g/mol. The lowest BCUT2D eigenvalue weighted by Crippen LogP contribution is -2.90. The SMILES string of the molecule is C1=NC(c2ccc(C3NC(c4cc5ccccc5c5ccccc45)=CC(c4cc5ccccc5c5ccccc45)[NH2+]3)[nH]2)c2ccccc21. The molecule has 0 saturated carbocycles. The van der Waals surface area contributed by atoms with Gasteiger partial charge >= 0.3 is 0 Å². The molecule has 4 N–H and O–H groups in total. The zero-order chi connectivity index (χ0) is 31.6. The van der Waals surface area contributed by atoms with Crippen LogP contribution in [0.1, 0.15) is 51.9 Å². The third-order valence-corrected chi connectivity index (χ3v) is 10.3. The number of hydrogen-bond acceptors (Lipinski definition) is 2. The molecule has 7 aromatic carbocycles. The van der Waals surface area contributed by atoms with Crippen molar-refractivity contribution in [2.75, 3.05) is 0 Å². The Bertz CT molecular complexity index is 2610. The first-order valence-electron chi connectivity index (χ1n) is 16.7. The number of rotatable bonds is 4. The molecule has 3 atom stereocenters. The quantitative estimate of drug-likeness (QED) is 0.170. The summed E-state index contributed by atoms with van der Waals surface area (Å²) in [5.41, 5.74) is 8.37. The number of benzene rings is 7. The number of fused-ring (bicyclic) bond motifs is 7. The Balaban J connectivity index is 1.15. The van der Waals surface area contributed by atoms with Crippen LogP contribution in [0.25, 0.3) is 48.8 Å². The molecule has 0 amide bonds. The second-order valence-corrected chi connectivity index (χ2v) is 13.0. The van der Waals surface area contributed by atoms with Gasteiger partial charge in [0.05, 0.1) is 5.69 Å². The standard InChI is InChI=1S/C44H32N4/c1-4-14-30-27(11-1)23-37(35-19-9-7-17-33(30)35)41-25-42(38-24-28-12-2-5-15-31(28)34-18-8-10-20-36(34)38)48-44(47-41)40-22-21-39(46-40)43-32-16-6-3-13-29(32)26-45-43/h1-26,41,43-44,46-48H/p+1. The molecule has 3 heterocycles. The lowest BCUT2D eigenvalue weighted by molar-refractivity contribution is -0.731. The molecule has 4 heteroatoms. The van der Waals surface area contributed by atoms with E-state index in [-0.39, 0.29) is 18.2 Å². The van der Waals surface area contributed by atoms with Crippen molar-refractivity contribution in [3.05, 3.63) is 185 Å². The van der Waals surface area contributed by atoms with Gasteiger partial charge in [0, 0.05) is 34.8 Å². The van der Waals surface area contributed by atoms with Gasteiger partial charge in [-0.15, -0.1) is 0 Å². The molecule has 4 nitrogen and oxygen atoms in total. The van der Waals surface area contributed by atoms with Crippen LogP contribution in [0.2, 0.25) is 0 Å². The van der Waals surface area contributed by atoms with Crippen molar-refractivity contribution in [1.29, 1.82) is 0 Å². The molecule has 48 heavy (non-hydrogen) atoms. The number of hydrogen-bond donors (Lipinski definition) is 3. The molecule has 3 unspecified atom stereocenters. The monoisotopic (exact) mass is 617 g/mol. The Hall–Kier alpha value is -5.97. The predicted octanol–water partition coefficient (Wildman–Crippen LogP) is 9.10. The van der Waals surface area contributed by atoms with Crippen LogP contribution in [0.4, 0.5) is 0 Å². The van der Waals surface area contributed by atoms with Crippen LogP contribution in [0.5, 0.6) is 0 Å². The highest BCUT2D eigenvalue weighted by Gasteiger charge is 2.32. The normalized spacial score (nSPS) is 18.8. The first-order chi connectivity index (χ1) is 23.8. The minimum Gasteiger partial charge on any atom is -0.354 e. The van der Waals surface area contributed by atoms with Crippen molar-refractivity contribution >= 4 is 55.0 Å². The van der Waals surface area contributed by atoms with Crippen molar-refractivity contribution in [2.45, 2.75) is 18.2 Å². The van der Waals surface area contributed by atoms with Crippen molar-refractivity contribution in [3.8, 4) is 0 Å². The average Bonchev–Trinajstić information content (AvgIpc) is 3.82. The molecule has 0 bridgehead atoms. The molecule has 2 aliphatic rings. The van der Waals surface area contributed by atoms with Gasteiger partial charge in [-0.1, -0.05) is 121 Å². The number of aliphatic imine (C=N–C) groups is 1. The molecular formula is C44H33N4+. The maximum Gasteiger partial charge on any atom is 0.201 e. The van der Waals surface area contributed by atoms with E-state index in [9.17, 15) is 0 Å². The fourth-order valence-corrected chi connectivity index (χ4v) is 8.02. The Labute approximate surface area is 278 Å². The highest BCUT2D eigenvalue weighted by atomic mass is 15.2. The van der Waals surface area contributed by atoms with Gasteiger partial charge in [-0.05, 0) is 78.5 Å². The predicted molar refractivity (Wildman–Crippen MR) is 198 cm³/mol. The van der Waals surface area contributed by atoms with Crippen LogP contribution in [-0.2, 0) is 0 Å². The lowest BCUT2D eigenvalue weighted by atomic mass is 9.90. The van der Waals surface area contributed by atoms with Gasteiger partial charge in [0.2, 0.25) is 6.17 Å². The van der Waals surface area contributed by atoms with Crippen molar-refractivity contribution in [1.82, 2.24) is 10.3 Å². The second kappa shape index (κ2) is 10.8. The summed E-state index contributed by atoms with van der Waals surface area (Å²) < 4.78 is 0. The number of H-pyrrole nitrogens is 1. The number of aromatic nitrogens is 1. The van der Waals surface area contributed by atoms with E-state index in [2.05, 4.69) is 167 Å². The van der Waals surface area contributed by atoms with Gasteiger partial charge in [0.25, 0.3) is 0 Å². The maximum atomic E-state index is 4.89. The third-order valence-electron chi connectivity index (χ3n) is 10.3. The summed E-state index contributed by atoms with van der Waals surface area (Å²) in [6.07, 6.45) is 4.39. The van der Waals surface area contributed by atoms with E-state index in [0.717, 1.165) is 17.1 Å². The molecule has 0 aliphatic carbocycles. The fraction of sp³-hybridized carbons (Fsp3) is 0.0682. The van der Waals surface area contributed by atoms with Crippen molar-refractivity contribution < 1.29 is 5.32 Å². The van der Waals surface area contributed by atoms with E-state index >= 15 is 0 Å². The van der Waals surface area contributed by atoms with Gasteiger partial charge in [0.1, 0.15) is 12.1 Å². The molecule has 1 aromatic heterocycles. The molecule has 0 saturated heterocycles. The Morgan fingerprint density at radius 2 is 1.12 bits per heavy atom. The highest BCUT2D eigenvalue weighted by Crippen LogP contribution is 2.38.